The highest BCUT2D eigenvalue weighted by Crippen LogP contribution is 2.11. The molecule has 0 heterocycles. The summed E-state index contributed by atoms with van der Waals surface area (Å²) in [6.45, 7) is -0.493. The van der Waals surface area contributed by atoms with E-state index in [4.69, 9.17) is 15.2 Å². The molecule has 0 radical (unpaired) electrons. The molecule has 7 nitrogen and oxygen atoms in total. The molecule has 1 aromatic carbocycles. The summed E-state index contributed by atoms with van der Waals surface area (Å²) in [6.07, 6.45) is 9.67. The highest BCUT2D eigenvalue weighted by atomic mass is 19.1. The number of halogens is 1. The third-order valence-corrected chi connectivity index (χ3v) is 3.36. The van der Waals surface area contributed by atoms with Crippen LogP contribution < -0.4 is 10.5 Å². The Bertz CT molecular complexity index is 714. The number of ether oxygens (including phenoxy) is 2. The number of hydrogen-bond acceptors (Lipinski definition) is 6. The molecule has 0 unspecified atom stereocenters. The Morgan fingerprint density at radius 2 is 1.55 bits per heavy atom. The molecule has 0 saturated carbocycles. The van der Waals surface area contributed by atoms with Crippen molar-refractivity contribution < 1.29 is 34.0 Å². The number of amides is 1. The first-order valence-corrected chi connectivity index (χ1v) is 8.85. The van der Waals surface area contributed by atoms with Gasteiger partial charge in [-0.3, -0.25) is 4.79 Å². The zero-order valence-corrected chi connectivity index (χ0v) is 15.8. The molecule has 0 aromatic heterocycles. The van der Waals surface area contributed by atoms with E-state index in [1.54, 1.807) is 36.5 Å². The van der Waals surface area contributed by atoms with Gasteiger partial charge in [-0.05, 0) is 24.3 Å². The van der Waals surface area contributed by atoms with Crippen LogP contribution in [0.1, 0.15) is 0 Å². The second-order valence-corrected chi connectivity index (χ2v) is 5.91. The predicted octanol–water partition coefficient (Wildman–Crippen LogP) is 1.01. The zero-order chi connectivity index (χ0) is 21.5. The Kier molecular flexibility index (Phi) is 11.9. The van der Waals surface area contributed by atoms with Crippen LogP contribution in [0.25, 0.3) is 0 Å². The number of benzene rings is 1. The Morgan fingerprint density at radius 1 is 0.966 bits per heavy atom. The lowest BCUT2D eigenvalue weighted by atomic mass is 10.2. The van der Waals surface area contributed by atoms with Crippen molar-refractivity contribution in [3.63, 3.8) is 0 Å². The first kappa shape index (κ1) is 24.3. The molecular formula is C21H26FNO6. The predicted molar refractivity (Wildman–Crippen MR) is 106 cm³/mol. The number of hydrogen-bond donors (Lipinski definition) is 4. The van der Waals surface area contributed by atoms with E-state index in [0.29, 0.717) is 5.75 Å². The van der Waals surface area contributed by atoms with Gasteiger partial charge >= 0.3 is 0 Å². The Balaban J connectivity index is 2.24. The minimum atomic E-state index is -1.17. The van der Waals surface area contributed by atoms with Gasteiger partial charge in [-0.15, -0.1) is 0 Å². The molecule has 0 aliphatic rings. The summed E-state index contributed by atoms with van der Waals surface area (Å²) in [6, 6.07) is 5.51. The summed E-state index contributed by atoms with van der Waals surface area (Å²) in [4.78, 5) is 10.5. The van der Waals surface area contributed by atoms with Gasteiger partial charge in [0, 0.05) is 0 Å². The van der Waals surface area contributed by atoms with Gasteiger partial charge in [0.15, 0.2) is 0 Å². The van der Waals surface area contributed by atoms with E-state index in [-0.39, 0.29) is 25.6 Å². The molecule has 0 spiro atoms. The molecule has 1 aromatic rings. The number of carbonyl (C=O) groups excluding carboxylic acids is 1. The number of aliphatic hydroxyl groups is 3. The molecule has 5 N–H and O–H groups in total. The number of aliphatic hydroxyl groups excluding tert-OH is 3. The number of allylic oxidation sites excluding steroid dienone is 6. The van der Waals surface area contributed by atoms with Gasteiger partial charge in [0.1, 0.15) is 43.1 Å². The molecule has 158 valence electrons. The second-order valence-electron chi connectivity index (χ2n) is 5.91. The van der Waals surface area contributed by atoms with Crippen LogP contribution in [0.3, 0.4) is 0 Å². The van der Waals surface area contributed by atoms with Crippen LogP contribution >= 0.6 is 0 Å². The van der Waals surface area contributed by atoms with Crippen molar-refractivity contribution in [2.24, 2.45) is 5.73 Å². The molecule has 0 fully saturated rings. The van der Waals surface area contributed by atoms with E-state index in [0.717, 1.165) is 0 Å². The van der Waals surface area contributed by atoms with Crippen LogP contribution in [0.5, 0.6) is 5.75 Å². The van der Waals surface area contributed by atoms with Gasteiger partial charge in [0.05, 0.1) is 6.61 Å². The lowest BCUT2D eigenvalue weighted by Crippen LogP contribution is -2.30. The summed E-state index contributed by atoms with van der Waals surface area (Å²) >= 11 is 0. The topological polar surface area (TPSA) is 122 Å². The SMILES string of the molecule is NC(=O)COC[C@H](O)[C@H](O)/C=C/C=C/C=C\C=C\[C@H](O)COc1ccc(F)cc1. The van der Waals surface area contributed by atoms with Crippen molar-refractivity contribution in [1.29, 1.82) is 0 Å². The molecule has 1 rings (SSSR count). The Morgan fingerprint density at radius 3 is 2.17 bits per heavy atom. The molecular weight excluding hydrogens is 381 g/mol. The minimum Gasteiger partial charge on any atom is -0.491 e. The summed E-state index contributed by atoms with van der Waals surface area (Å²) in [5, 5.41) is 29.1. The quantitative estimate of drug-likeness (QED) is 0.362. The molecule has 0 bridgehead atoms. The highest BCUT2D eigenvalue weighted by molar-refractivity contribution is 5.74. The van der Waals surface area contributed by atoms with Gasteiger partial charge in [0.2, 0.25) is 5.91 Å². The minimum absolute atomic E-state index is 0.0396. The van der Waals surface area contributed by atoms with Crippen molar-refractivity contribution in [3.8, 4) is 5.75 Å². The summed E-state index contributed by atoms with van der Waals surface area (Å²) in [5.74, 6) is -0.541. The number of nitrogens with two attached hydrogens (primary N) is 1. The summed E-state index contributed by atoms with van der Waals surface area (Å²) in [7, 11) is 0. The number of primary amides is 1. The molecule has 8 heteroatoms. The van der Waals surface area contributed by atoms with Crippen molar-refractivity contribution >= 4 is 5.91 Å². The van der Waals surface area contributed by atoms with E-state index in [1.807, 2.05) is 0 Å². The summed E-state index contributed by atoms with van der Waals surface area (Å²) < 4.78 is 22.9. The maximum atomic E-state index is 12.8. The van der Waals surface area contributed by atoms with Crippen LogP contribution in [-0.4, -0.2) is 59.4 Å². The fraction of sp³-hybridized carbons (Fsp3) is 0.286. The van der Waals surface area contributed by atoms with Gasteiger partial charge in [-0.1, -0.05) is 48.6 Å². The van der Waals surface area contributed by atoms with Crippen LogP contribution in [0, 0.1) is 5.82 Å². The van der Waals surface area contributed by atoms with E-state index in [9.17, 15) is 24.5 Å². The first-order chi connectivity index (χ1) is 13.9. The van der Waals surface area contributed by atoms with Gasteiger partial charge in [-0.2, -0.15) is 0 Å². The molecule has 1 amide bonds. The maximum absolute atomic E-state index is 12.8. The lowest BCUT2D eigenvalue weighted by molar-refractivity contribution is -0.124. The van der Waals surface area contributed by atoms with Gasteiger partial charge < -0.3 is 30.5 Å². The highest BCUT2D eigenvalue weighted by Gasteiger charge is 2.13. The van der Waals surface area contributed by atoms with Crippen LogP contribution in [-0.2, 0) is 9.53 Å². The van der Waals surface area contributed by atoms with E-state index in [2.05, 4.69) is 0 Å². The van der Waals surface area contributed by atoms with Crippen molar-refractivity contribution in [1.82, 2.24) is 0 Å². The third kappa shape index (κ3) is 12.3. The van der Waals surface area contributed by atoms with E-state index >= 15 is 0 Å². The third-order valence-electron chi connectivity index (χ3n) is 3.36. The first-order valence-electron chi connectivity index (χ1n) is 8.85. The number of rotatable bonds is 13. The molecule has 0 aliphatic carbocycles. The smallest absolute Gasteiger partial charge is 0.243 e. The van der Waals surface area contributed by atoms with Crippen molar-refractivity contribution in [2.75, 3.05) is 19.8 Å². The van der Waals surface area contributed by atoms with Crippen molar-refractivity contribution in [3.05, 3.63) is 78.7 Å². The Hall–Kier alpha value is -2.78. The Labute approximate surface area is 168 Å². The molecule has 0 saturated heterocycles. The zero-order valence-electron chi connectivity index (χ0n) is 15.8. The average Bonchev–Trinajstić information content (AvgIpc) is 2.69. The second kappa shape index (κ2) is 14.3. The van der Waals surface area contributed by atoms with E-state index < -0.39 is 24.2 Å². The van der Waals surface area contributed by atoms with Crippen LogP contribution in [0.2, 0.25) is 0 Å². The van der Waals surface area contributed by atoms with Crippen LogP contribution in [0.15, 0.2) is 72.9 Å². The fourth-order valence-electron chi connectivity index (χ4n) is 1.90. The van der Waals surface area contributed by atoms with E-state index in [1.165, 1.54) is 36.4 Å². The number of carbonyl (C=O) groups is 1. The van der Waals surface area contributed by atoms with Crippen molar-refractivity contribution in [2.45, 2.75) is 18.3 Å². The average molecular weight is 407 g/mol. The maximum Gasteiger partial charge on any atom is 0.243 e. The lowest BCUT2D eigenvalue weighted by Gasteiger charge is -2.13. The molecule has 3 atom stereocenters. The van der Waals surface area contributed by atoms with Gasteiger partial charge in [0.25, 0.3) is 0 Å². The van der Waals surface area contributed by atoms with Crippen LogP contribution in [0.4, 0.5) is 4.39 Å². The summed E-state index contributed by atoms with van der Waals surface area (Å²) in [5.41, 5.74) is 4.89. The molecule has 29 heavy (non-hydrogen) atoms. The standard InChI is InChI=1S/C21H26FNO6/c22-16-9-11-18(12-10-16)29-13-17(24)7-5-3-1-2-4-6-8-19(25)20(26)14-28-15-21(23)27/h1-12,17,19-20,24-26H,13-15H2,(H2,23,27)/b3-1-,4-2+,7-5+,8-6+/t17-,19+,20-/m0/s1. The monoisotopic (exact) mass is 407 g/mol. The largest absolute Gasteiger partial charge is 0.491 e. The fourth-order valence-corrected chi connectivity index (χ4v) is 1.90. The van der Waals surface area contributed by atoms with Gasteiger partial charge in [-0.25, -0.2) is 4.39 Å². The normalized spacial score (nSPS) is 15.4. The molecule has 0 aliphatic heterocycles.